The number of hydrogen-bond donors (Lipinski definition) is 1. The van der Waals surface area contributed by atoms with Gasteiger partial charge in [-0.2, -0.15) is 0 Å². The molecule has 1 unspecified atom stereocenters. The fraction of sp³-hybridized carbons (Fsp3) is 0.259. The molecule has 0 bridgehead atoms. The lowest BCUT2D eigenvalue weighted by molar-refractivity contribution is -0.132. The first kappa shape index (κ1) is 23.3. The molecular weight excluding hydrogens is 437 g/mol. The lowest BCUT2D eigenvalue weighted by Crippen LogP contribution is -2.29. The van der Waals surface area contributed by atoms with Crippen molar-refractivity contribution in [3.63, 3.8) is 0 Å². The van der Waals surface area contributed by atoms with Crippen LogP contribution in [0, 0.1) is 12.7 Å². The van der Waals surface area contributed by atoms with Gasteiger partial charge in [0.05, 0.1) is 12.2 Å². The molecule has 176 valence electrons. The molecule has 1 N–H and O–H groups in total. The van der Waals surface area contributed by atoms with Gasteiger partial charge in [0.1, 0.15) is 34.9 Å². The number of aryl methyl sites for hydroxylation is 1. The van der Waals surface area contributed by atoms with Crippen molar-refractivity contribution in [2.75, 3.05) is 11.5 Å². The molecule has 2 aromatic carbocycles. The van der Waals surface area contributed by atoms with Gasteiger partial charge in [-0.05, 0) is 79.9 Å². The van der Waals surface area contributed by atoms with E-state index < -0.39 is 23.5 Å². The van der Waals surface area contributed by atoms with Crippen LogP contribution in [0.3, 0.4) is 0 Å². The van der Waals surface area contributed by atoms with Gasteiger partial charge in [0, 0.05) is 11.3 Å². The van der Waals surface area contributed by atoms with Gasteiger partial charge < -0.3 is 14.3 Å². The molecule has 2 heterocycles. The summed E-state index contributed by atoms with van der Waals surface area (Å²) in [5.74, 6) is -0.768. The van der Waals surface area contributed by atoms with Gasteiger partial charge in [-0.3, -0.25) is 14.5 Å². The molecule has 4 rings (SSSR count). The van der Waals surface area contributed by atoms with Crippen LogP contribution in [-0.2, 0) is 9.59 Å². The highest BCUT2D eigenvalue weighted by atomic mass is 19.1. The first-order valence-electron chi connectivity index (χ1n) is 11.1. The first-order chi connectivity index (χ1) is 16.2. The number of halogens is 1. The molecule has 0 saturated carbocycles. The van der Waals surface area contributed by atoms with Gasteiger partial charge in [0.25, 0.3) is 11.7 Å². The molecule has 3 aromatic rings. The zero-order valence-electron chi connectivity index (χ0n) is 19.5. The van der Waals surface area contributed by atoms with Crippen molar-refractivity contribution in [2.24, 2.45) is 0 Å². The minimum Gasteiger partial charge on any atom is -0.507 e. The molecular formula is C27H26FNO5. The lowest BCUT2D eigenvalue weighted by Gasteiger charge is -2.23. The predicted molar refractivity (Wildman–Crippen MR) is 126 cm³/mol. The Kier molecular flexibility index (Phi) is 6.28. The normalized spacial score (nSPS) is 17.6. The smallest absolute Gasteiger partial charge is 0.300 e. The number of ether oxygens (including phenoxy) is 1. The van der Waals surface area contributed by atoms with E-state index in [4.69, 9.17) is 9.15 Å². The van der Waals surface area contributed by atoms with E-state index in [-0.39, 0.29) is 17.3 Å². The van der Waals surface area contributed by atoms with Crippen molar-refractivity contribution in [3.05, 3.63) is 88.6 Å². The Bertz CT molecular complexity index is 1270. The highest BCUT2D eigenvalue weighted by Crippen LogP contribution is 2.43. The standard InChI is InChI=1S/C27H26FNO5/c1-5-33-21-13-7-17(14-20(21)15(2)3)25(30)23-24(22-12-6-16(4)34-22)29(27(32)26(23)31)19-10-8-18(28)9-11-19/h6-15,24,30H,5H2,1-4H3/b25-23-. The van der Waals surface area contributed by atoms with Crippen molar-refractivity contribution < 1.29 is 28.2 Å². The summed E-state index contributed by atoms with van der Waals surface area (Å²) in [4.78, 5) is 27.5. The van der Waals surface area contributed by atoms with Crippen molar-refractivity contribution in [2.45, 2.75) is 39.7 Å². The van der Waals surface area contributed by atoms with E-state index in [2.05, 4.69) is 0 Å². The molecule has 1 atom stereocenters. The average Bonchev–Trinajstić information content (AvgIpc) is 3.35. The Morgan fingerprint density at radius 2 is 1.82 bits per heavy atom. The summed E-state index contributed by atoms with van der Waals surface area (Å²) in [6.07, 6.45) is 0. The Hall–Kier alpha value is -3.87. The van der Waals surface area contributed by atoms with Crippen LogP contribution in [0.2, 0.25) is 0 Å². The quantitative estimate of drug-likeness (QED) is 0.281. The third-order valence-electron chi connectivity index (χ3n) is 5.78. The Balaban J connectivity index is 1.91. The number of amides is 1. The second-order valence-corrected chi connectivity index (χ2v) is 8.43. The number of aliphatic hydroxyl groups excluding tert-OH is 1. The van der Waals surface area contributed by atoms with Crippen LogP contribution in [-0.4, -0.2) is 23.4 Å². The fourth-order valence-corrected chi connectivity index (χ4v) is 4.16. The zero-order chi connectivity index (χ0) is 24.6. The Morgan fingerprint density at radius 3 is 2.41 bits per heavy atom. The largest absolute Gasteiger partial charge is 0.507 e. The molecule has 6 nitrogen and oxygen atoms in total. The molecule has 1 fully saturated rings. The number of carbonyl (C=O) groups is 2. The first-order valence-corrected chi connectivity index (χ1v) is 11.1. The molecule has 0 spiro atoms. The van der Waals surface area contributed by atoms with Crippen LogP contribution in [0.1, 0.15) is 55.4 Å². The van der Waals surface area contributed by atoms with Gasteiger partial charge >= 0.3 is 0 Å². The number of ketones is 1. The van der Waals surface area contributed by atoms with Crippen LogP contribution >= 0.6 is 0 Å². The maximum absolute atomic E-state index is 13.5. The monoisotopic (exact) mass is 463 g/mol. The van der Waals surface area contributed by atoms with E-state index >= 15 is 0 Å². The highest BCUT2D eigenvalue weighted by Gasteiger charge is 2.48. The molecule has 0 radical (unpaired) electrons. The summed E-state index contributed by atoms with van der Waals surface area (Å²) >= 11 is 0. The zero-order valence-corrected chi connectivity index (χ0v) is 19.5. The van der Waals surface area contributed by atoms with Gasteiger partial charge in [-0.1, -0.05) is 13.8 Å². The molecule has 34 heavy (non-hydrogen) atoms. The van der Waals surface area contributed by atoms with Crippen molar-refractivity contribution in [1.82, 2.24) is 0 Å². The third-order valence-corrected chi connectivity index (χ3v) is 5.78. The molecule has 7 heteroatoms. The maximum atomic E-state index is 13.5. The number of benzene rings is 2. The predicted octanol–water partition coefficient (Wildman–Crippen LogP) is 5.88. The van der Waals surface area contributed by atoms with Gasteiger partial charge in [0.15, 0.2) is 0 Å². The summed E-state index contributed by atoms with van der Waals surface area (Å²) < 4.78 is 25.0. The highest BCUT2D eigenvalue weighted by molar-refractivity contribution is 6.51. The number of furan rings is 1. The number of aliphatic hydroxyl groups is 1. The minimum atomic E-state index is -1.01. The van der Waals surface area contributed by atoms with Crippen molar-refractivity contribution in [1.29, 1.82) is 0 Å². The van der Waals surface area contributed by atoms with Crippen LogP contribution < -0.4 is 9.64 Å². The van der Waals surface area contributed by atoms with Gasteiger partial charge in [0.2, 0.25) is 0 Å². The number of hydrogen-bond acceptors (Lipinski definition) is 5. The van der Waals surface area contributed by atoms with Crippen molar-refractivity contribution >= 4 is 23.1 Å². The van der Waals surface area contributed by atoms with E-state index in [0.29, 0.717) is 35.1 Å². The van der Waals surface area contributed by atoms with E-state index in [1.807, 2.05) is 20.8 Å². The summed E-state index contributed by atoms with van der Waals surface area (Å²) in [5, 5.41) is 11.3. The number of nitrogens with zero attached hydrogens (tertiary/aromatic N) is 1. The van der Waals surface area contributed by atoms with E-state index in [1.165, 1.54) is 29.2 Å². The van der Waals surface area contributed by atoms with E-state index in [9.17, 15) is 19.1 Å². The summed E-state index contributed by atoms with van der Waals surface area (Å²) in [6.45, 7) is 8.13. The van der Waals surface area contributed by atoms with Gasteiger partial charge in [-0.25, -0.2) is 4.39 Å². The SMILES string of the molecule is CCOc1ccc(/C(O)=C2/C(=O)C(=O)N(c3ccc(F)cc3)C2c2ccc(C)o2)cc1C(C)C. The molecule has 1 aromatic heterocycles. The number of anilines is 1. The fourth-order valence-electron chi connectivity index (χ4n) is 4.16. The minimum absolute atomic E-state index is 0.0949. The molecule has 1 aliphatic heterocycles. The molecule has 1 aliphatic rings. The second kappa shape index (κ2) is 9.17. The van der Waals surface area contributed by atoms with Crippen LogP contribution in [0.15, 0.2) is 64.6 Å². The Morgan fingerprint density at radius 1 is 1.12 bits per heavy atom. The van der Waals surface area contributed by atoms with Crippen LogP contribution in [0.25, 0.3) is 5.76 Å². The van der Waals surface area contributed by atoms with E-state index in [0.717, 1.165) is 5.56 Å². The molecule has 0 aliphatic carbocycles. The van der Waals surface area contributed by atoms with Crippen LogP contribution in [0.4, 0.5) is 10.1 Å². The lowest BCUT2D eigenvalue weighted by atomic mass is 9.95. The van der Waals surface area contributed by atoms with Gasteiger partial charge in [-0.15, -0.1) is 0 Å². The maximum Gasteiger partial charge on any atom is 0.300 e. The van der Waals surface area contributed by atoms with Crippen LogP contribution in [0.5, 0.6) is 5.75 Å². The average molecular weight is 464 g/mol. The second-order valence-electron chi connectivity index (χ2n) is 8.43. The third kappa shape index (κ3) is 4.09. The van der Waals surface area contributed by atoms with Crippen molar-refractivity contribution in [3.8, 4) is 5.75 Å². The Labute approximate surface area is 197 Å². The number of rotatable bonds is 6. The number of Topliss-reactive ketones (excluding diaryl/α,β-unsaturated/α-hetero) is 1. The topological polar surface area (TPSA) is 80.0 Å². The molecule has 1 saturated heterocycles. The summed E-state index contributed by atoms with van der Waals surface area (Å²) in [6, 6.07) is 12.8. The molecule has 1 amide bonds. The summed E-state index contributed by atoms with van der Waals surface area (Å²) in [5.41, 5.74) is 1.47. The van der Waals surface area contributed by atoms with E-state index in [1.54, 1.807) is 37.3 Å². The number of carbonyl (C=O) groups excluding carboxylic acids is 2. The summed E-state index contributed by atoms with van der Waals surface area (Å²) in [7, 11) is 0.